The monoisotopic (exact) mass is 328 g/mol. The topological polar surface area (TPSA) is 22.4 Å². The fraction of sp³-hybridized carbons (Fsp3) is 0.400. The van der Waals surface area contributed by atoms with Gasteiger partial charge in [0.05, 0.1) is 6.61 Å². The Hall–Kier alpha value is -1.37. The van der Waals surface area contributed by atoms with Crippen molar-refractivity contribution in [3.63, 3.8) is 0 Å². The summed E-state index contributed by atoms with van der Waals surface area (Å²) in [6.07, 6.45) is 4.32. The maximum Gasteiger partial charge on any atom is 0.138 e. The van der Waals surface area contributed by atoms with Crippen LogP contribution < -0.4 is 0 Å². The first kappa shape index (κ1) is 16.5. The lowest BCUT2D eigenvalue weighted by molar-refractivity contribution is 0.357. The second kappa shape index (κ2) is 7.47. The van der Waals surface area contributed by atoms with E-state index in [0.29, 0.717) is 5.92 Å². The van der Waals surface area contributed by atoms with Gasteiger partial charge in [-0.1, -0.05) is 38.1 Å². The van der Waals surface area contributed by atoms with E-state index in [9.17, 15) is 0 Å². The van der Waals surface area contributed by atoms with Gasteiger partial charge in [-0.3, -0.25) is 0 Å². The summed E-state index contributed by atoms with van der Waals surface area (Å²) < 4.78 is 11.2. The molecule has 1 atom stereocenters. The van der Waals surface area contributed by atoms with Crippen molar-refractivity contribution in [1.29, 1.82) is 0 Å². The van der Waals surface area contributed by atoms with Crippen molar-refractivity contribution in [1.82, 2.24) is 0 Å². The first-order valence-corrected chi connectivity index (χ1v) is 8.91. The lowest BCUT2D eigenvalue weighted by Gasteiger charge is -2.04. The predicted molar refractivity (Wildman–Crippen MR) is 101 cm³/mol. The highest BCUT2D eigenvalue weighted by molar-refractivity contribution is 7.09. The zero-order valence-electron chi connectivity index (χ0n) is 14.0. The van der Waals surface area contributed by atoms with Crippen LogP contribution in [0.25, 0.3) is 21.9 Å². The van der Waals surface area contributed by atoms with E-state index in [0.717, 1.165) is 43.5 Å². The van der Waals surface area contributed by atoms with Crippen LogP contribution >= 0.6 is 9.47 Å². The van der Waals surface area contributed by atoms with Gasteiger partial charge in [-0.15, -0.1) is 0 Å². The molecule has 0 fully saturated rings. The van der Waals surface area contributed by atoms with Crippen LogP contribution in [0, 0.1) is 5.92 Å². The van der Waals surface area contributed by atoms with E-state index in [1.165, 1.54) is 21.9 Å². The number of aryl methyl sites for hydroxylation is 1. The van der Waals surface area contributed by atoms with Gasteiger partial charge in [0.1, 0.15) is 11.2 Å². The third-order valence-corrected chi connectivity index (χ3v) is 4.48. The van der Waals surface area contributed by atoms with Gasteiger partial charge in [0.25, 0.3) is 0 Å². The molecule has 1 heterocycles. The molecule has 0 spiro atoms. The van der Waals surface area contributed by atoms with E-state index in [1.54, 1.807) is 0 Å². The van der Waals surface area contributed by atoms with Crippen molar-refractivity contribution in [3.05, 3.63) is 47.5 Å². The van der Waals surface area contributed by atoms with Crippen LogP contribution in [0.2, 0.25) is 0 Å². The summed E-state index contributed by atoms with van der Waals surface area (Å²) in [6.45, 7) is 5.31. The minimum absolute atomic E-state index is 0.667. The molecule has 0 N–H and O–H groups in total. The zero-order chi connectivity index (χ0) is 16.2. The van der Waals surface area contributed by atoms with Gasteiger partial charge in [-0.25, -0.2) is 0 Å². The van der Waals surface area contributed by atoms with Crippen LogP contribution in [0.4, 0.5) is 0 Å². The summed E-state index contributed by atoms with van der Waals surface area (Å²) in [5.74, 6) is 0.667. The van der Waals surface area contributed by atoms with E-state index in [2.05, 4.69) is 59.7 Å². The minimum atomic E-state index is 0.667. The smallest absolute Gasteiger partial charge is 0.138 e. The molecule has 3 aromatic rings. The molecule has 23 heavy (non-hydrogen) atoms. The second-order valence-electron chi connectivity index (χ2n) is 6.65. The predicted octanol–water partition coefficient (Wildman–Crippen LogP) is 5.91. The lowest BCUT2D eigenvalue weighted by Crippen LogP contribution is -1.93. The third kappa shape index (κ3) is 3.76. The normalized spacial score (nSPS) is 11.8. The Morgan fingerprint density at radius 3 is 2.74 bits per heavy atom. The van der Waals surface area contributed by atoms with Gasteiger partial charge < -0.3 is 8.94 Å². The SMILES string of the molecule is CC(C)Cc1ccc2oc3c(CCCCOP)cccc3c2c1. The Morgan fingerprint density at radius 2 is 1.96 bits per heavy atom. The van der Waals surface area contributed by atoms with Gasteiger partial charge in [-0.05, 0) is 54.9 Å². The van der Waals surface area contributed by atoms with Gasteiger partial charge in [0.15, 0.2) is 0 Å². The second-order valence-corrected chi connectivity index (χ2v) is 6.99. The molecule has 0 aliphatic carbocycles. The van der Waals surface area contributed by atoms with E-state index < -0.39 is 0 Å². The number of furan rings is 1. The molecule has 122 valence electrons. The Kier molecular flexibility index (Phi) is 5.35. The highest BCUT2D eigenvalue weighted by atomic mass is 31.0. The first-order chi connectivity index (χ1) is 11.2. The van der Waals surface area contributed by atoms with E-state index in [4.69, 9.17) is 8.94 Å². The van der Waals surface area contributed by atoms with Crippen LogP contribution in [0.5, 0.6) is 0 Å². The molecule has 0 amide bonds. The molecule has 2 aromatic carbocycles. The summed E-state index contributed by atoms with van der Waals surface area (Å²) in [6, 6.07) is 13.1. The molecule has 0 saturated carbocycles. The van der Waals surface area contributed by atoms with Crippen molar-refractivity contribution in [2.75, 3.05) is 6.61 Å². The van der Waals surface area contributed by atoms with Crippen LogP contribution in [-0.4, -0.2) is 6.61 Å². The molecule has 1 unspecified atom stereocenters. The Morgan fingerprint density at radius 1 is 1.09 bits per heavy atom. The number of unbranched alkanes of at least 4 members (excludes halogenated alkanes) is 1. The van der Waals surface area contributed by atoms with Crippen molar-refractivity contribution < 1.29 is 8.94 Å². The summed E-state index contributed by atoms with van der Waals surface area (Å²) in [7, 11) is 2.31. The van der Waals surface area contributed by atoms with E-state index >= 15 is 0 Å². The molecule has 3 heteroatoms. The average Bonchev–Trinajstić information content (AvgIpc) is 2.90. The highest BCUT2D eigenvalue weighted by Crippen LogP contribution is 2.32. The number of rotatable bonds is 7. The van der Waals surface area contributed by atoms with Gasteiger partial charge >= 0.3 is 0 Å². The summed E-state index contributed by atoms with van der Waals surface area (Å²) >= 11 is 0. The molecule has 0 bridgehead atoms. The van der Waals surface area contributed by atoms with Crippen molar-refractivity contribution in [2.24, 2.45) is 5.92 Å². The Balaban J connectivity index is 1.95. The van der Waals surface area contributed by atoms with E-state index in [1.807, 2.05) is 0 Å². The quantitative estimate of drug-likeness (QED) is 0.397. The molecule has 0 saturated heterocycles. The summed E-state index contributed by atoms with van der Waals surface area (Å²) in [4.78, 5) is 0. The average molecular weight is 328 g/mol. The van der Waals surface area contributed by atoms with Gasteiger partial charge in [0, 0.05) is 20.2 Å². The lowest BCUT2D eigenvalue weighted by atomic mass is 10.00. The molecule has 1 aromatic heterocycles. The maximum absolute atomic E-state index is 6.17. The largest absolute Gasteiger partial charge is 0.456 e. The standard InChI is InChI=1S/C20H25O2P/c1-14(2)12-15-9-10-19-18(13-15)17-8-5-7-16(20(17)22-19)6-3-4-11-21-23/h5,7-10,13-14H,3-4,6,11-12,23H2,1-2H3. The number of fused-ring (bicyclic) bond motifs is 3. The van der Waals surface area contributed by atoms with Gasteiger partial charge in [0.2, 0.25) is 0 Å². The van der Waals surface area contributed by atoms with Crippen LogP contribution in [0.3, 0.4) is 0 Å². The number of hydrogen-bond donors (Lipinski definition) is 0. The van der Waals surface area contributed by atoms with Crippen LogP contribution in [0.1, 0.15) is 37.8 Å². The summed E-state index contributed by atoms with van der Waals surface area (Å²) in [5.41, 5.74) is 4.73. The number of para-hydroxylation sites is 1. The van der Waals surface area contributed by atoms with Crippen molar-refractivity contribution >= 4 is 31.4 Å². The number of hydrogen-bond acceptors (Lipinski definition) is 2. The molecule has 3 rings (SSSR count). The highest BCUT2D eigenvalue weighted by Gasteiger charge is 2.11. The van der Waals surface area contributed by atoms with Crippen LogP contribution in [0.15, 0.2) is 40.8 Å². The molecule has 2 nitrogen and oxygen atoms in total. The van der Waals surface area contributed by atoms with Crippen molar-refractivity contribution in [3.8, 4) is 0 Å². The molecule has 0 aliphatic rings. The molecular formula is C20H25O2P. The van der Waals surface area contributed by atoms with Crippen LogP contribution in [-0.2, 0) is 17.4 Å². The number of benzene rings is 2. The Bertz CT molecular complexity index is 789. The Labute approximate surface area is 140 Å². The fourth-order valence-electron chi connectivity index (χ4n) is 3.20. The maximum atomic E-state index is 6.17. The molecular weight excluding hydrogens is 303 g/mol. The molecule has 0 aliphatic heterocycles. The van der Waals surface area contributed by atoms with Gasteiger partial charge in [-0.2, -0.15) is 0 Å². The van der Waals surface area contributed by atoms with Crippen molar-refractivity contribution in [2.45, 2.75) is 39.5 Å². The first-order valence-electron chi connectivity index (χ1n) is 8.43. The summed E-state index contributed by atoms with van der Waals surface area (Å²) in [5, 5.41) is 2.48. The third-order valence-electron chi connectivity index (χ3n) is 4.24. The fourth-order valence-corrected chi connectivity index (χ4v) is 3.37. The van der Waals surface area contributed by atoms with E-state index in [-0.39, 0.29) is 0 Å². The zero-order valence-corrected chi connectivity index (χ0v) is 15.1. The molecule has 0 radical (unpaired) electrons. The minimum Gasteiger partial charge on any atom is -0.456 e.